The van der Waals surface area contributed by atoms with Crippen LogP contribution in [-0.4, -0.2) is 37.2 Å². The second-order valence-corrected chi connectivity index (χ2v) is 23.1. The Morgan fingerprint density at radius 2 is 0.480 bits per heavy atom. The second kappa shape index (κ2) is 64.4. The number of hydrogen-bond acceptors (Lipinski definition) is 6. The Bertz CT molecular complexity index is 1210. The Kier molecular flexibility index (Phi) is 62.6. The molecule has 0 bridgehead atoms. The first-order valence-corrected chi connectivity index (χ1v) is 33.8. The van der Waals surface area contributed by atoms with Crippen LogP contribution in [0.15, 0.2) is 24.3 Å². The van der Waals surface area contributed by atoms with Crippen LogP contribution < -0.4 is 0 Å². The SMILES string of the molecule is CCCCCCC/C=C\C/C=C\CCCCCCCCCCCCCCCCCCCCCCCC(=O)OCC(COC(=O)CCCCCCCCCC)OC(=O)CCCCCCCCCCCCCCCCCC. The molecule has 0 aliphatic heterocycles. The van der Waals surface area contributed by atoms with Gasteiger partial charge < -0.3 is 14.2 Å². The lowest BCUT2D eigenvalue weighted by molar-refractivity contribution is -0.167. The summed E-state index contributed by atoms with van der Waals surface area (Å²) >= 11 is 0. The van der Waals surface area contributed by atoms with Crippen LogP contribution in [0.5, 0.6) is 0 Å². The van der Waals surface area contributed by atoms with Crippen LogP contribution in [0.25, 0.3) is 0 Å². The molecular formula is C69H130O6. The Labute approximate surface area is 468 Å². The molecule has 0 aliphatic rings. The van der Waals surface area contributed by atoms with Crippen molar-refractivity contribution in [3.63, 3.8) is 0 Å². The molecule has 0 N–H and O–H groups in total. The van der Waals surface area contributed by atoms with Crippen molar-refractivity contribution in [3.8, 4) is 0 Å². The van der Waals surface area contributed by atoms with Crippen molar-refractivity contribution in [2.24, 2.45) is 0 Å². The van der Waals surface area contributed by atoms with E-state index in [0.717, 1.165) is 64.2 Å². The van der Waals surface area contributed by atoms with E-state index in [1.54, 1.807) is 0 Å². The van der Waals surface area contributed by atoms with E-state index in [0.29, 0.717) is 19.3 Å². The van der Waals surface area contributed by atoms with Crippen molar-refractivity contribution in [2.45, 2.75) is 386 Å². The Morgan fingerprint density at radius 1 is 0.267 bits per heavy atom. The summed E-state index contributed by atoms with van der Waals surface area (Å²) in [6.45, 7) is 6.67. The van der Waals surface area contributed by atoms with Gasteiger partial charge >= 0.3 is 17.9 Å². The molecule has 0 heterocycles. The summed E-state index contributed by atoms with van der Waals surface area (Å²) in [5.74, 6) is -0.840. The zero-order chi connectivity index (χ0) is 54.3. The zero-order valence-electron chi connectivity index (χ0n) is 50.8. The molecule has 0 saturated carbocycles. The predicted molar refractivity (Wildman–Crippen MR) is 326 cm³/mol. The third-order valence-corrected chi connectivity index (χ3v) is 15.5. The monoisotopic (exact) mass is 1050 g/mol. The molecule has 0 aromatic carbocycles. The molecular weight excluding hydrogens is 925 g/mol. The molecule has 0 spiro atoms. The van der Waals surface area contributed by atoms with E-state index in [9.17, 15) is 14.4 Å². The van der Waals surface area contributed by atoms with E-state index in [2.05, 4.69) is 45.1 Å². The molecule has 6 heteroatoms. The van der Waals surface area contributed by atoms with Crippen LogP contribution in [-0.2, 0) is 28.6 Å². The van der Waals surface area contributed by atoms with E-state index < -0.39 is 6.10 Å². The summed E-state index contributed by atoms with van der Waals surface area (Å²) in [6, 6.07) is 0. The van der Waals surface area contributed by atoms with Crippen LogP contribution in [0, 0.1) is 0 Å². The third-order valence-electron chi connectivity index (χ3n) is 15.5. The van der Waals surface area contributed by atoms with Gasteiger partial charge in [0.2, 0.25) is 0 Å². The molecule has 442 valence electrons. The average molecular weight is 1060 g/mol. The van der Waals surface area contributed by atoms with Crippen LogP contribution in [0.1, 0.15) is 380 Å². The molecule has 0 aliphatic carbocycles. The zero-order valence-corrected chi connectivity index (χ0v) is 50.8. The van der Waals surface area contributed by atoms with Crippen LogP contribution in [0.2, 0.25) is 0 Å². The van der Waals surface area contributed by atoms with Gasteiger partial charge in [-0.15, -0.1) is 0 Å². The first kappa shape index (κ1) is 72.9. The van der Waals surface area contributed by atoms with Crippen molar-refractivity contribution < 1.29 is 28.6 Å². The molecule has 0 aromatic rings. The van der Waals surface area contributed by atoms with Crippen molar-refractivity contribution in [1.82, 2.24) is 0 Å². The molecule has 0 aromatic heterocycles. The first-order valence-electron chi connectivity index (χ1n) is 33.8. The number of ether oxygens (including phenoxy) is 3. The van der Waals surface area contributed by atoms with Crippen LogP contribution >= 0.6 is 0 Å². The highest BCUT2D eigenvalue weighted by atomic mass is 16.6. The lowest BCUT2D eigenvalue weighted by Gasteiger charge is -2.18. The lowest BCUT2D eigenvalue weighted by atomic mass is 10.0. The minimum Gasteiger partial charge on any atom is -0.462 e. The standard InChI is InChI=1S/C69H130O6/c1-4-7-10-13-16-19-21-23-25-27-28-29-30-31-32-33-34-35-36-37-38-39-40-41-42-43-45-46-48-50-53-56-59-62-68(71)74-65-66(64-73-67(70)61-58-55-52-18-15-12-9-6-3)75-69(72)63-60-57-54-51-49-47-44-26-24-22-20-17-14-11-8-5-2/h21,23,27-28,66H,4-20,22,24-26,29-65H2,1-3H3/b23-21-,28-27-. The molecule has 0 fully saturated rings. The van der Waals surface area contributed by atoms with Gasteiger partial charge in [-0.05, 0) is 51.4 Å². The molecule has 0 rings (SSSR count). The number of hydrogen-bond donors (Lipinski definition) is 0. The van der Waals surface area contributed by atoms with Gasteiger partial charge in [0.15, 0.2) is 6.10 Å². The van der Waals surface area contributed by atoms with Gasteiger partial charge in [0.05, 0.1) is 0 Å². The number of esters is 3. The van der Waals surface area contributed by atoms with E-state index >= 15 is 0 Å². The topological polar surface area (TPSA) is 78.9 Å². The molecule has 0 saturated heterocycles. The summed E-state index contributed by atoms with van der Waals surface area (Å²) < 4.78 is 16.9. The maximum absolute atomic E-state index is 12.8. The third kappa shape index (κ3) is 62.6. The van der Waals surface area contributed by atoms with Gasteiger partial charge in [0, 0.05) is 19.3 Å². The summed E-state index contributed by atoms with van der Waals surface area (Å²) in [5.41, 5.74) is 0. The first-order chi connectivity index (χ1) is 37.0. The second-order valence-electron chi connectivity index (χ2n) is 23.1. The van der Waals surface area contributed by atoms with Crippen molar-refractivity contribution in [3.05, 3.63) is 24.3 Å². The highest BCUT2D eigenvalue weighted by Gasteiger charge is 2.19. The fourth-order valence-corrected chi connectivity index (χ4v) is 10.4. The molecule has 1 unspecified atom stereocenters. The smallest absolute Gasteiger partial charge is 0.306 e. The number of unbranched alkanes of at least 4 members (excludes halogenated alkanes) is 48. The Morgan fingerprint density at radius 3 is 0.733 bits per heavy atom. The largest absolute Gasteiger partial charge is 0.462 e. The normalized spacial score (nSPS) is 12.1. The molecule has 6 nitrogen and oxygen atoms in total. The fourth-order valence-electron chi connectivity index (χ4n) is 10.4. The summed E-state index contributed by atoms with van der Waals surface area (Å²) in [7, 11) is 0. The quantitative estimate of drug-likeness (QED) is 0.0261. The molecule has 0 radical (unpaired) electrons. The summed E-state index contributed by atoms with van der Waals surface area (Å²) in [5, 5.41) is 0. The fraction of sp³-hybridized carbons (Fsp3) is 0.899. The Hall–Kier alpha value is -2.11. The minimum absolute atomic E-state index is 0.0637. The van der Waals surface area contributed by atoms with Gasteiger partial charge in [-0.25, -0.2) is 0 Å². The van der Waals surface area contributed by atoms with Crippen LogP contribution in [0.3, 0.4) is 0 Å². The maximum atomic E-state index is 12.8. The average Bonchev–Trinajstić information content (AvgIpc) is 3.41. The van der Waals surface area contributed by atoms with Crippen LogP contribution in [0.4, 0.5) is 0 Å². The van der Waals surface area contributed by atoms with Crippen molar-refractivity contribution in [1.29, 1.82) is 0 Å². The summed E-state index contributed by atoms with van der Waals surface area (Å²) in [6.07, 6.45) is 78.0. The van der Waals surface area contributed by atoms with Gasteiger partial charge in [-0.1, -0.05) is 334 Å². The van der Waals surface area contributed by atoms with E-state index in [-0.39, 0.29) is 31.1 Å². The highest BCUT2D eigenvalue weighted by Crippen LogP contribution is 2.18. The maximum Gasteiger partial charge on any atom is 0.306 e. The number of carbonyl (C=O) groups is 3. The highest BCUT2D eigenvalue weighted by molar-refractivity contribution is 5.71. The number of rotatable bonds is 63. The summed E-state index contributed by atoms with van der Waals surface area (Å²) in [4.78, 5) is 38.1. The van der Waals surface area contributed by atoms with E-state index in [4.69, 9.17) is 14.2 Å². The van der Waals surface area contributed by atoms with Gasteiger partial charge in [0.25, 0.3) is 0 Å². The number of carbonyl (C=O) groups excluding carboxylic acids is 3. The van der Waals surface area contributed by atoms with Gasteiger partial charge in [-0.2, -0.15) is 0 Å². The van der Waals surface area contributed by atoms with Gasteiger partial charge in [-0.3, -0.25) is 14.4 Å². The van der Waals surface area contributed by atoms with Crippen molar-refractivity contribution in [2.75, 3.05) is 13.2 Å². The molecule has 0 amide bonds. The Balaban J connectivity index is 3.97. The van der Waals surface area contributed by atoms with E-state index in [1.165, 1.54) is 276 Å². The minimum atomic E-state index is -0.763. The lowest BCUT2D eigenvalue weighted by Crippen LogP contribution is -2.30. The number of allylic oxidation sites excluding steroid dienone is 4. The van der Waals surface area contributed by atoms with E-state index in [1.807, 2.05) is 0 Å². The predicted octanol–water partition coefficient (Wildman–Crippen LogP) is 23.0. The van der Waals surface area contributed by atoms with Gasteiger partial charge in [0.1, 0.15) is 13.2 Å². The molecule has 75 heavy (non-hydrogen) atoms. The van der Waals surface area contributed by atoms with Crippen molar-refractivity contribution >= 4 is 17.9 Å². The molecule has 1 atom stereocenters.